The Morgan fingerprint density at radius 1 is 1.46 bits per heavy atom. The van der Waals surface area contributed by atoms with Crippen molar-refractivity contribution in [3.8, 4) is 0 Å². The molecule has 0 aliphatic heterocycles. The van der Waals surface area contributed by atoms with Crippen molar-refractivity contribution in [1.29, 1.82) is 0 Å². The van der Waals surface area contributed by atoms with Gasteiger partial charge in [-0.2, -0.15) is 0 Å². The van der Waals surface area contributed by atoms with Crippen LogP contribution in [0.1, 0.15) is 20.3 Å². The van der Waals surface area contributed by atoms with E-state index in [0.29, 0.717) is 0 Å². The number of halogens is 1. The number of alkyl halides is 1. The molecule has 5 heteroatoms. The monoisotopic (exact) mass is 207 g/mol. The minimum atomic E-state index is -1.02. The highest BCUT2D eigenvalue weighted by Crippen LogP contribution is 2.02. The quantitative estimate of drug-likeness (QED) is 0.657. The van der Waals surface area contributed by atoms with Crippen molar-refractivity contribution in [2.75, 3.05) is 5.88 Å². The maximum atomic E-state index is 11.0. The second kappa shape index (κ2) is 5.80. The number of amides is 1. The molecule has 0 fully saturated rings. The van der Waals surface area contributed by atoms with Gasteiger partial charge in [-0.15, -0.1) is 11.6 Å². The molecule has 0 rings (SSSR count). The summed E-state index contributed by atoms with van der Waals surface area (Å²) in [5.74, 6) is -1.26. The summed E-state index contributed by atoms with van der Waals surface area (Å²) in [4.78, 5) is 21.6. The van der Waals surface area contributed by atoms with Gasteiger partial charge in [0, 0.05) is 12.3 Å². The van der Waals surface area contributed by atoms with Crippen molar-refractivity contribution >= 4 is 23.5 Å². The maximum Gasteiger partial charge on any atom is 0.326 e. The van der Waals surface area contributed by atoms with Crippen LogP contribution in [-0.2, 0) is 9.59 Å². The van der Waals surface area contributed by atoms with Gasteiger partial charge >= 0.3 is 5.97 Å². The molecule has 0 aromatic rings. The van der Waals surface area contributed by atoms with E-state index in [0.717, 1.165) is 0 Å². The molecular formula is C8H14ClNO3. The smallest absolute Gasteiger partial charge is 0.326 e. The van der Waals surface area contributed by atoms with Crippen LogP contribution in [0.4, 0.5) is 0 Å². The topological polar surface area (TPSA) is 66.4 Å². The van der Waals surface area contributed by atoms with Gasteiger partial charge in [-0.05, 0) is 5.92 Å². The van der Waals surface area contributed by atoms with Crippen LogP contribution in [-0.4, -0.2) is 28.9 Å². The van der Waals surface area contributed by atoms with Gasteiger partial charge in [0.1, 0.15) is 6.04 Å². The lowest BCUT2D eigenvalue weighted by Crippen LogP contribution is -2.44. The largest absolute Gasteiger partial charge is 0.480 e. The lowest BCUT2D eigenvalue weighted by atomic mass is 10.0. The fourth-order valence-corrected chi connectivity index (χ4v) is 1.02. The van der Waals surface area contributed by atoms with Crippen LogP contribution in [0.15, 0.2) is 0 Å². The molecule has 0 aliphatic rings. The molecule has 1 amide bonds. The Hall–Kier alpha value is -0.770. The van der Waals surface area contributed by atoms with E-state index in [1.807, 2.05) is 0 Å². The summed E-state index contributed by atoms with van der Waals surface area (Å²) in [6.45, 7) is 3.47. The molecule has 13 heavy (non-hydrogen) atoms. The van der Waals surface area contributed by atoms with E-state index >= 15 is 0 Å². The summed E-state index contributed by atoms with van der Waals surface area (Å²) in [5, 5.41) is 11.1. The predicted octanol–water partition coefficient (Wildman–Crippen LogP) is 0.841. The Morgan fingerprint density at radius 3 is 2.31 bits per heavy atom. The summed E-state index contributed by atoms with van der Waals surface area (Å²) >= 11 is 5.33. The summed E-state index contributed by atoms with van der Waals surface area (Å²) in [5.41, 5.74) is 0. The number of hydrogen-bond acceptors (Lipinski definition) is 2. The van der Waals surface area contributed by atoms with E-state index in [1.54, 1.807) is 13.8 Å². The SMILES string of the molecule is CC(C)C(NC(=O)CCCl)C(=O)O. The number of hydrogen-bond donors (Lipinski definition) is 2. The summed E-state index contributed by atoms with van der Waals surface area (Å²) < 4.78 is 0. The van der Waals surface area contributed by atoms with Crippen molar-refractivity contribution in [2.24, 2.45) is 5.92 Å². The van der Waals surface area contributed by atoms with E-state index in [9.17, 15) is 9.59 Å². The minimum absolute atomic E-state index is 0.128. The molecule has 1 unspecified atom stereocenters. The zero-order valence-electron chi connectivity index (χ0n) is 7.71. The highest BCUT2D eigenvalue weighted by molar-refractivity contribution is 6.18. The number of aliphatic carboxylic acids is 1. The highest BCUT2D eigenvalue weighted by Gasteiger charge is 2.22. The molecule has 0 saturated heterocycles. The van der Waals surface area contributed by atoms with Gasteiger partial charge in [-0.3, -0.25) is 4.79 Å². The number of carboxylic acid groups (broad SMARTS) is 1. The average molecular weight is 208 g/mol. The van der Waals surface area contributed by atoms with Crippen molar-refractivity contribution in [2.45, 2.75) is 26.3 Å². The number of carbonyl (C=O) groups excluding carboxylic acids is 1. The average Bonchev–Trinajstić information content (AvgIpc) is 1.99. The Morgan fingerprint density at radius 2 is 2.00 bits per heavy atom. The van der Waals surface area contributed by atoms with Gasteiger partial charge < -0.3 is 10.4 Å². The molecule has 0 bridgehead atoms. The molecule has 0 heterocycles. The highest BCUT2D eigenvalue weighted by atomic mass is 35.5. The van der Waals surface area contributed by atoms with Crippen LogP contribution in [0.5, 0.6) is 0 Å². The molecule has 76 valence electrons. The van der Waals surface area contributed by atoms with Gasteiger partial charge in [-0.1, -0.05) is 13.8 Å². The van der Waals surface area contributed by atoms with Crippen LogP contribution in [0.2, 0.25) is 0 Å². The first kappa shape index (κ1) is 12.2. The van der Waals surface area contributed by atoms with Crippen molar-refractivity contribution in [1.82, 2.24) is 5.32 Å². The first-order chi connectivity index (χ1) is 5.99. The van der Waals surface area contributed by atoms with Crippen molar-refractivity contribution in [3.05, 3.63) is 0 Å². The third-order valence-electron chi connectivity index (χ3n) is 1.57. The molecule has 0 aromatic heterocycles. The van der Waals surface area contributed by atoms with Crippen molar-refractivity contribution < 1.29 is 14.7 Å². The normalized spacial score (nSPS) is 12.6. The minimum Gasteiger partial charge on any atom is -0.480 e. The van der Waals surface area contributed by atoms with Crippen LogP contribution in [0, 0.1) is 5.92 Å². The number of nitrogens with one attached hydrogen (secondary N) is 1. The summed E-state index contributed by atoms with van der Waals surface area (Å²) in [6, 6.07) is -0.823. The summed E-state index contributed by atoms with van der Waals surface area (Å²) in [6.07, 6.45) is 0.151. The Balaban J connectivity index is 4.10. The zero-order valence-corrected chi connectivity index (χ0v) is 8.47. The lowest BCUT2D eigenvalue weighted by molar-refractivity contribution is -0.143. The molecule has 1 atom stereocenters. The molecule has 0 spiro atoms. The molecule has 0 aliphatic carbocycles. The van der Waals surface area contributed by atoms with E-state index < -0.39 is 12.0 Å². The Bertz CT molecular complexity index is 194. The van der Waals surface area contributed by atoms with Gasteiger partial charge in [0.15, 0.2) is 0 Å². The van der Waals surface area contributed by atoms with E-state index in [2.05, 4.69) is 5.32 Å². The first-order valence-corrected chi connectivity index (χ1v) is 4.60. The maximum absolute atomic E-state index is 11.0. The van der Waals surface area contributed by atoms with E-state index in [-0.39, 0.29) is 24.1 Å². The molecule has 2 N–H and O–H groups in total. The van der Waals surface area contributed by atoms with Gasteiger partial charge in [0.05, 0.1) is 0 Å². The molecule has 4 nitrogen and oxygen atoms in total. The zero-order chi connectivity index (χ0) is 10.4. The summed E-state index contributed by atoms with van der Waals surface area (Å²) in [7, 11) is 0. The van der Waals surface area contributed by atoms with Gasteiger partial charge in [0.2, 0.25) is 5.91 Å². The van der Waals surface area contributed by atoms with Crippen LogP contribution in [0.3, 0.4) is 0 Å². The van der Waals surface area contributed by atoms with Crippen molar-refractivity contribution in [3.63, 3.8) is 0 Å². The number of carboxylic acids is 1. The fraction of sp³-hybridized carbons (Fsp3) is 0.750. The molecule has 0 aromatic carbocycles. The van der Waals surface area contributed by atoms with E-state index in [1.165, 1.54) is 0 Å². The second-order valence-electron chi connectivity index (χ2n) is 3.07. The van der Waals surface area contributed by atoms with E-state index in [4.69, 9.17) is 16.7 Å². The Kier molecular flexibility index (Phi) is 5.46. The second-order valence-corrected chi connectivity index (χ2v) is 3.44. The van der Waals surface area contributed by atoms with Crippen LogP contribution < -0.4 is 5.32 Å². The molecular weight excluding hydrogens is 194 g/mol. The molecule has 0 radical (unpaired) electrons. The third-order valence-corrected chi connectivity index (χ3v) is 1.76. The standard InChI is InChI=1S/C8H14ClNO3/c1-5(2)7(8(12)13)10-6(11)3-4-9/h5,7H,3-4H2,1-2H3,(H,10,11)(H,12,13). The molecule has 0 saturated carbocycles. The Labute approximate surface area is 82.3 Å². The van der Waals surface area contributed by atoms with Gasteiger partial charge in [-0.25, -0.2) is 4.79 Å². The lowest BCUT2D eigenvalue weighted by Gasteiger charge is -2.17. The van der Waals surface area contributed by atoms with Crippen LogP contribution >= 0.6 is 11.6 Å². The van der Waals surface area contributed by atoms with Gasteiger partial charge in [0.25, 0.3) is 0 Å². The predicted molar refractivity (Wildman–Crippen MR) is 49.7 cm³/mol. The first-order valence-electron chi connectivity index (χ1n) is 4.07. The number of rotatable bonds is 5. The number of carbonyl (C=O) groups is 2. The third kappa shape index (κ3) is 4.72. The van der Waals surface area contributed by atoms with Crippen LogP contribution in [0.25, 0.3) is 0 Å². The fourth-order valence-electron chi connectivity index (χ4n) is 0.845.